The Bertz CT molecular complexity index is 843. The van der Waals surface area contributed by atoms with Crippen LogP contribution in [0.15, 0.2) is 42.5 Å². The number of nitrogens with zero attached hydrogens (tertiary/aromatic N) is 1. The summed E-state index contributed by atoms with van der Waals surface area (Å²) >= 11 is 5.98. The van der Waals surface area contributed by atoms with Crippen molar-refractivity contribution >= 4 is 23.4 Å². The van der Waals surface area contributed by atoms with Crippen molar-refractivity contribution in [3.8, 4) is 0 Å². The van der Waals surface area contributed by atoms with Gasteiger partial charge in [0, 0.05) is 18.5 Å². The van der Waals surface area contributed by atoms with E-state index in [1.807, 2.05) is 17.0 Å². The van der Waals surface area contributed by atoms with Gasteiger partial charge in [-0.1, -0.05) is 53.1 Å². The quantitative estimate of drug-likeness (QED) is 0.779. The van der Waals surface area contributed by atoms with E-state index < -0.39 is 0 Å². The number of aryl methyl sites for hydroxylation is 2. The molecule has 1 heterocycles. The van der Waals surface area contributed by atoms with E-state index in [9.17, 15) is 9.59 Å². The van der Waals surface area contributed by atoms with E-state index in [4.69, 9.17) is 11.6 Å². The zero-order chi connectivity index (χ0) is 20.3. The van der Waals surface area contributed by atoms with Gasteiger partial charge >= 0.3 is 0 Å². The summed E-state index contributed by atoms with van der Waals surface area (Å²) in [5.74, 6) is -0.0876. The lowest BCUT2D eigenvalue weighted by atomic mass is 9.98. The number of rotatable bonds is 5. The van der Waals surface area contributed by atoms with Crippen molar-refractivity contribution in [3.05, 3.63) is 69.7 Å². The summed E-state index contributed by atoms with van der Waals surface area (Å²) in [6.07, 6.45) is 2.21. The Morgan fingerprint density at radius 1 is 1.14 bits per heavy atom. The van der Waals surface area contributed by atoms with E-state index in [-0.39, 0.29) is 30.3 Å². The van der Waals surface area contributed by atoms with Gasteiger partial charge in [-0.25, -0.2) is 0 Å². The van der Waals surface area contributed by atoms with E-state index in [0.29, 0.717) is 5.02 Å². The van der Waals surface area contributed by atoms with Gasteiger partial charge in [-0.2, -0.15) is 0 Å². The minimum absolute atomic E-state index is 0.0651. The zero-order valence-corrected chi connectivity index (χ0v) is 17.4. The van der Waals surface area contributed by atoms with Crippen LogP contribution in [0.1, 0.15) is 60.5 Å². The molecule has 2 aromatic rings. The summed E-state index contributed by atoms with van der Waals surface area (Å²) in [5.41, 5.74) is 4.51. The fraction of sp³-hybridized carbons (Fsp3) is 0.391. The first-order chi connectivity index (χ1) is 13.3. The normalized spacial score (nSPS) is 17.4. The van der Waals surface area contributed by atoms with Gasteiger partial charge in [0.15, 0.2) is 0 Å². The number of hydrogen-bond acceptors (Lipinski definition) is 2. The Balaban J connectivity index is 1.80. The van der Waals surface area contributed by atoms with Crippen molar-refractivity contribution in [2.75, 3.05) is 6.54 Å². The van der Waals surface area contributed by atoms with Gasteiger partial charge < -0.3 is 10.2 Å². The molecule has 5 heteroatoms. The molecule has 148 valence electrons. The van der Waals surface area contributed by atoms with Gasteiger partial charge in [-0.05, 0) is 49.9 Å². The third-order valence-corrected chi connectivity index (χ3v) is 5.48. The van der Waals surface area contributed by atoms with Gasteiger partial charge in [-0.3, -0.25) is 9.59 Å². The maximum atomic E-state index is 13.2. The standard InChI is InChI=1S/C23H27ClN2O2/c1-15-11-16(2)13-19(12-15)22-5-4-10-26(22)23(28)14-21(25-17(3)27)18-6-8-20(24)9-7-18/h6-9,11-13,21-22H,4-5,10,14H2,1-3H3,(H,25,27). The zero-order valence-electron chi connectivity index (χ0n) is 16.7. The van der Waals surface area contributed by atoms with Gasteiger partial charge in [0.2, 0.25) is 11.8 Å². The van der Waals surface area contributed by atoms with Crippen molar-refractivity contribution in [3.63, 3.8) is 0 Å². The Morgan fingerprint density at radius 3 is 2.39 bits per heavy atom. The summed E-state index contributed by atoms with van der Waals surface area (Å²) in [6, 6.07) is 13.5. The molecule has 28 heavy (non-hydrogen) atoms. The molecule has 0 radical (unpaired) electrons. The second-order valence-electron chi connectivity index (χ2n) is 7.67. The largest absolute Gasteiger partial charge is 0.349 e. The second-order valence-corrected chi connectivity index (χ2v) is 8.11. The number of likely N-dealkylation sites (tertiary alicyclic amines) is 1. The highest BCUT2D eigenvalue weighted by atomic mass is 35.5. The van der Waals surface area contributed by atoms with Crippen LogP contribution in [-0.2, 0) is 9.59 Å². The van der Waals surface area contributed by atoms with Crippen molar-refractivity contribution in [1.29, 1.82) is 0 Å². The average Bonchev–Trinajstić information content (AvgIpc) is 3.10. The number of hydrogen-bond donors (Lipinski definition) is 1. The predicted octanol–water partition coefficient (Wildman–Crippen LogP) is 4.89. The molecular weight excluding hydrogens is 372 g/mol. The monoisotopic (exact) mass is 398 g/mol. The highest BCUT2D eigenvalue weighted by molar-refractivity contribution is 6.30. The Labute approximate surface area is 171 Å². The smallest absolute Gasteiger partial charge is 0.225 e. The van der Waals surface area contributed by atoms with E-state index in [1.165, 1.54) is 23.6 Å². The van der Waals surface area contributed by atoms with Gasteiger partial charge in [-0.15, -0.1) is 0 Å². The van der Waals surface area contributed by atoms with Crippen LogP contribution in [0.4, 0.5) is 0 Å². The van der Waals surface area contributed by atoms with Crippen molar-refractivity contribution in [1.82, 2.24) is 10.2 Å². The SMILES string of the molecule is CC(=O)NC(CC(=O)N1CCCC1c1cc(C)cc(C)c1)c1ccc(Cl)cc1. The first-order valence-electron chi connectivity index (χ1n) is 9.73. The summed E-state index contributed by atoms with van der Waals surface area (Å²) in [7, 11) is 0. The highest BCUT2D eigenvalue weighted by Crippen LogP contribution is 2.34. The molecule has 1 aliphatic rings. The molecule has 4 nitrogen and oxygen atoms in total. The highest BCUT2D eigenvalue weighted by Gasteiger charge is 2.31. The minimum atomic E-state index is -0.359. The number of carbonyl (C=O) groups is 2. The number of halogens is 1. The van der Waals surface area contributed by atoms with Crippen LogP contribution in [0.2, 0.25) is 5.02 Å². The van der Waals surface area contributed by atoms with Crippen LogP contribution in [0, 0.1) is 13.8 Å². The van der Waals surface area contributed by atoms with Crippen LogP contribution in [0.25, 0.3) is 0 Å². The topological polar surface area (TPSA) is 49.4 Å². The van der Waals surface area contributed by atoms with E-state index in [2.05, 4.69) is 37.4 Å². The van der Waals surface area contributed by atoms with Crippen LogP contribution in [0.3, 0.4) is 0 Å². The van der Waals surface area contributed by atoms with Crippen LogP contribution < -0.4 is 5.32 Å². The third kappa shape index (κ3) is 4.93. The molecule has 1 saturated heterocycles. The fourth-order valence-electron chi connectivity index (χ4n) is 4.10. The van der Waals surface area contributed by atoms with E-state index >= 15 is 0 Å². The molecule has 0 spiro atoms. The van der Waals surface area contributed by atoms with Gasteiger partial charge in [0.25, 0.3) is 0 Å². The Morgan fingerprint density at radius 2 is 1.79 bits per heavy atom. The first-order valence-corrected chi connectivity index (χ1v) is 10.1. The summed E-state index contributed by atoms with van der Waals surface area (Å²) in [5, 5.41) is 3.54. The molecule has 1 fully saturated rings. The third-order valence-electron chi connectivity index (χ3n) is 5.23. The van der Waals surface area contributed by atoms with E-state index in [1.54, 1.807) is 12.1 Å². The molecular formula is C23H27ClN2O2. The van der Waals surface area contributed by atoms with Crippen molar-refractivity contribution < 1.29 is 9.59 Å². The molecule has 2 atom stereocenters. The minimum Gasteiger partial charge on any atom is -0.349 e. The first kappa shape index (κ1) is 20.4. The number of carbonyl (C=O) groups excluding carboxylic acids is 2. The molecule has 0 bridgehead atoms. The molecule has 0 aromatic heterocycles. The lowest BCUT2D eigenvalue weighted by Gasteiger charge is -2.28. The van der Waals surface area contributed by atoms with Crippen molar-refractivity contribution in [2.24, 2.45) is 0 Å². The number of amides is 2. The lowest BCUT2D eigenvalue weighted by molar-refractivity contribution is -0.133. The van der Waals surface area contributed by atoms with Gasteiger partial charge in [0.1, 0.15) is 0 Å². The summed E-state index contributed by atoms with van der Waals surface area (Å²) < 4.78 is 0. The molecule has 0 aliphatic carbocycles. The van der Waals surface area contributed by atoms with Gasteiger partial charge in [0.05, 0.1) is 18.5 Å². The van der Waals surface area contributed by atoms with Crippen LogP contribution in [0.5, 0.6) is 0 Å². The molecule has 3 rings (SSSR count). The van der Waals surface area contributed by atoms with E-state index in [0.717, 1.165) is 24.9 Å². The molecule has 2 unspecified atom stereocenters. The molecule has 2 aromatic carbocycles. The molecule has 2 amide bonds. The van der Waals surface area contributed by atoms with Crippen LogP contribution >= 0.6 is 11.6 Å². The maximum absolute atomic E-state index is 13.2. The maximum Gasteiger partial charge on any atom is 0.225 e. The number of nitrogens with one attached hydrogen (secondary N) is 1. The summed E-state index contributed by atoms with van der Waals surface area (Å²) in [6.45, 7) is 6.40. The summed E-state index contributed by atoms with van der Waals surface area (Å²) in [4.78, 5) is 26.8. The Kier molecular flexibility index (Phi) is 6.40. The Hall–Kier alpha value is -2.33. The molecule has 1 N–H and O–H groups in total. The van der Waals surface area contributed by atoms with Crippen LogP contribution in [-0.4, -0.2) is 23.3 Å². The van der Waals surface area contributed by atoms with Crippen molar-refractivity contribution in [2.45, 2.75) is 52.1 Å². The molecule has 0 saturated carbocycles. The molecule has 1 aliphatic heterocycles. The fourth-order valence-corrected chi connectivity index (χ4v) is 4.22. The predicted molar refractivity (Wildman–Crippen MR) is 112 cm³/mol. The number of benzene rings is 2. The second kappa shape index (κ2) is 8.78. The average molecular weight is 399 g/mol. The lowest BCUT2D eigenvalue weighted by Crippen LogP contribution is -2.35.